The van der Waals surface area contributed by atoms with Gasteiger partial charge in [0.1, 0.15) is 11.5 Å². The summed E-state index contributed by atoms with van der Waals surface area (Å²) in [5.41, 5.74) is 2.71. The average molecular weight is 448 g/mol. The maximum Gasteiger partial charge on any atom is 0.196 e. The number of ether oxygens (including phenoxy) is 2. The molecule has 0 spiro atoms. The van der Waals surface area contributed by atoms with Gasteiger partial charge in [0.25, 0.3) is 0 Å². The summed E-state index contributed by atoms with van der Waals surface area (Å²) in [5.74, 6) is 2.76. The first-order valence-corrected chi connectivity index (χ1v) is 11.4. The molecule has 6 nitrogen and oxygen atoms in total. The second kappa shape index (κ2) is 10.3. The highest BCUT2D eigenvalue weighted by atomic mass is 32.2. The Labute approximate surface area is 191 Å². The average Bonchev–Trinajstić information content (AvgIpc) is 3.27. The molecular weight excluding hydrogens is 422 g/mol. The van der Waals surface area contributed by atoms with Crippen LogP contribution in [0, 0.1) is 0 Å². The zero-order valence-corrected chi connectivity index (χ0v) is 18.8. The summed E-state index contributed by atoms with van der Waals surface area (Å²) in [5, 5.41) is 20.2. The van der Waals surface area contributed by atoms with E-state index in [0.29, 0.717) is 23.3 Å². The topological polar surface area (TPSA) is 69.4 Å². The molecular formula is C25H25N3O3S. The Kier molecular flexibility index (Phi) is 7.09. The van der Waals surface area contributed by atoms with Crippen LogP contribution in [-0.4, -0.2) is 39.3 Å². The smallest absolute Gasteiger partial charge is 0.196 e. The zero-order valence-electron chi connectivity index (χ0n) is 18.0. The van der Waals surface area contributed by atoms with Crippen LogP contribution in [-0.2, 0) is 0 Å². The third kappa shape index (κ3) is 4.95. The fraction of sp³-hybridized carbons (Fsp3) is 0.200. The zero-order chi connectivity index (χ0) is 22.3. The van der Waals surface area contributed by atoms with Gasteiger partial charge in [0, 0.05) is 17.0 Å². The van der Waals surface area contributed by atoms with Crippen molar-refractivity contribution in [3.05, 3.63) is 84.4 Å². The first-order valence-electron chi connectivity index (χ1n) is 10.4. The molecule has 0 amide bonds. The van der Waals surface area contributed by atoms with E-state index in [0.717, 1.165) is 28.3 Å². The molecule has 0 aliphatic heterocycles. The second-order valence-electron chi connectivity index (χ2n) is 7.03. The minimum absolute atomic E-state index is 0.460. The van der Waals surface area contributed by atoms with E-state index < -0.39 is 6.10 Å². The summed E-state index contributed by atoms with van der Waals surface area (Å²) in [6.07, 6.45) is -0.601. The van der Waals surface area contributed by atoms with Crippen molar-refractivity contribution in [1.82, 2.24) is 14.8 Å². The lowest BCUT2D eigenvalue weighted by molar-refractivity contribution is 0.204. The quantitative estimate of drug-likeness (QED) is 0.357. The minimum atomic E-state index is -0.601. The van der Waals surface area contributed by atoms with E-state index in [1.807, 2.05) is 90.4 Å². The van der Waals surface area contributed by atoms with Gasteiger partial charge in [-0.1, -0.05) is 42.1 Å². The summed E-state index contributed by atoms with van der Waals surface area (Å²) in [4.78, 5) is 0. The van der Waals surface area contributed by atoms with Gasteiger partial charge >= 0.3 is 0 Å². The van der Waals surface area contributed by atoms with Gasteiger partial charge in [-0.2, -0.15) is 0 Å². The Morgan fingerprint density at radius 2 is 1.59 bits per heavy atom. The number of methoxy groups -OCH3 is 1. The van der Waals surface area contributed by atoms with E-state index in [-0.39, 0.29) is 0 Å². The molecule has 1 atom stereocenters. The summed E-state index contributed by atoms with van der Waals surface area (Å²) < 4.78 is 12.9. The molecule has 3 aromatic carbocycles. The number of rotatable bonds is 9. The van der Waals surface area contributed by atoms with E-state index in [1.165, 1.54) is 11.8 Å². The molecule has 1 aromatic heterocycles. The highest BCUT2D eigenvalue weighted by Gasteiger charge is 2.18. The third-order valence-electron chi connectivity index (χ3n) is 4.94. The molecule has 0 aliphatic carbocycles. The Bertz CT molecular complexity index is 1130. The van der Waals surface area contributed by atoms with Crippen molar-refractivity contribution in [3.8, 4) is 28.6 Å². The van der Waals surface area contributed by atoms with Crippen molar-refractivity contribution in [3.63, 3.8) is 0 Å². The third-order valence-corrected chi connectivity index (χ3v) is 5.95. The van der Waals surface area contributed by atoms with Gasteiger partial charge in [-0.15, -0.1) is 10.2 Å². The largest absolute Gasteiger partial charge is 0.497 e. The highest BCUT2D eigenvalue weighted by molar-refractivity contribution is 7.99. The van der Waals surface area contributed by atoms with Gasteiger partial charge in [-0.3, -0.25) is 4.57 Å². The van der Waals surface area contributed by atoms with Crippen LogP contribution in [0.25, 0.3) is 17.1 Å². The molecule has 32 heavy (non-hydrogen) atoms. The van der Waals surface area contributed by atoms with Crippen LogP contribution >= 0.6 is 11.8 Å². The van der Waals surface area contributed by atoms with E-state index in [9.17, 15) is 5.11 Å². The lowest BCUT2D eigenvalue weighted by Gasteiger charge is -2.13. The molecule has 7 heteroatoms. The van der Waals surface area contributed by atoms with E-state index >= 15 is 0 Å². The summed E-state index contributed by atoms with van der Waals surface area (Å²) in [7, 11) is 1.64. The van der Waals surface area contributed by atoms with Crippen LogP contribution < -0.4 is 9.47 Å². The van der Waals surface area contributed by atoms with Crippen molar-refractivity contribution < 1.29 is 14.6 Å². The van der Waals surface area contributed by atoms with E-state index in [4.69, 9.17) is 9.47 Å². The molecule has 0 saturated carbocycles. The molecule has 0 fully saturated rings. The van der Waals surface area contributed by atoms with Crippen molar-refractivity contribution in [2.75, 3.05) is 19.5 Å². The number of aromatic nitrogens is 3. The Balaban J connectivity index is 1.67. The lowest BCUT2D eigenvalue weighted by atomic mass is 10.1. The minimum Gasteiger partial charge on any atom is -0.497 e. The number of hydrogen-bond donors (Lipinski definition) is 1. The van der Waals surface area contributed by atoms with Crippen LogP contribution in [0.15, 0.2) is 84.0 Å². The molecule has 164 valence electrons. The SMILES string of the molecule is CCOc1ccc(-n2c(SCC(O)c3ccccc3)nnc2-c2ccc(OC)cc2)cc1. The van der Waals surface area contributed by atoms with Crippen molar-refractivity contribution in [1.29, 1.82) is 0 Å². The molecule has 4 aromatic rings. The number of aliphatic hydroxyl groups is 1. The van der Waals surface area contributed by atoms with E-state index in [2.05, 4.69) is 10.2 Å². The normalized spacial score (nSPS) is 11.8. The fourth-order valence-corrected chi connectivity index (χ4v) is 4.23. The summed E-state index contributed by atoms with van der Waals surface area (Å²) in [6, 6.07) is 25.2. The second-order valence-corrected chi connectivity index (χ2v) is 8.02. The fourth-order valence-electron chi connectivity index (χ4n) is 3.31. The first kappa shape index (κ1) is 21.9. The van der Waals surface area contributed by atoms with Crippen LogP contribution in [0.2, 0.25) is 0 Å². The van der Waals surface area contributed by atoms with Crippen molar-refractivity contribution >= 4 is 11.8 Å². The van der Waals surface area contributed by atoms with Gasteiger partial charge in [0.2, 0.25) is 0 Å². The predicted octanol–water partition coefficient (Wildman–Crippen LogP) is 5.17. The van der Waals surface area contributed by atoms with Crippen LogP contribution in [0.4, 0.5) is 0 Å². The predicted molar refractivity (Wildman–Crippen MR) is 127 cm³/mol. The molecule has 0 bridgehead atoms. The summed E-state index contributed by atoms with van der Waals surface area (Å²) in [6.45, 7) is 2.57. The standard InChI is InChI=1S/C25H25N3O3S/c1-3-31-22-15-11-20(12-16-22)28-24(19-9-13-21(30-2)14-10-19)26-27-25(28)32-17-23(29)18-7-5-4-6-8-18/h4-16,23,29H,3,17H2,1-2H3. The van der Waals surface area contributed by atoms with Crippen molar-refractivity contribution in [2.24, 2.45) is 0 Å². The Morgan fingerprint density at radius 1 is 0.906 bits per heavy atom. The number of nitrogens with zero attached hydrogens (tertiary/aromatic N) is 3. The molecule has 1 N–H and O–H groups in total. The van der Waals surface area contributed by atoms with Gasteiger partial charge < -0.3 is 14.6 Å². The molecule has 0 saturated heterocycles. The number of hydrogen-bond acceptors (Lipinski definition) is 6. The Hall–Kier alpha value is -3.29. The highest BCUT2D eigenvalue weighted by Crippen LogP contribution is 2.31. The van der Waals surface area contributed by atoms with Crippen LogP contribution in [0.1, 0.15) is 18.6 Å². The van der Waals surface area contributed by atoms with Gasteiger partial charge in [-0.05, 0) is 61.0 Å². The van der Waals surface area contributed by atoms with Crippen LogP contribution in [0.3, 0.4) is 0 Å². The molecule has 4 rings (SSSR count). The number of aliphatic hydroxyl groups excluding tert-OH is 1. The van der Waals surface area contributed by atoms with Gasteiger partial charge in [0.05, 0.1) is 19.8 Å². The maximum absolute atomic E-state index is 10.6. The first-order chi connectivity index (χ1) is 15.7. The van der Waals surface area contributed by atoms with Crippen LogP contribution in [0.5, 0.6) is 11.5 Å². The van der Waals surface area contributed by atoms with Gasteiger partial charge in [0.15, 0.2) is 11.0 Å². The monoisotopic (exact) mass is 447 g/mol. The summed E-state index contributed by atoms with van der Waals surface area (Å²) >= 11 is 1.47. The molecule has 0 radical (unpaired) electrons. The maximum atomic E-state index is 10.6. The van der Waals surface area contributed by atoms with Crippen molar-refractivity contribution in [2.45, 2.75) is 18.2 Å². The van der Waals surface area contributed by atoms with Gasteiger partial charge in [-0.25, -0.2) is 0 Å². The molecule has 0 aliphatic rings. The lowest BCUT2D eigenvalue weighted by Crippen LogP contribution is -2.04. The Morgan fingerprint density at radius 3 is 2.25 bits per heavy atom. The number of benzene rings is 3. The molecule has 1 heterocycles. The molecule has 1 unspecified atom stereocenters. The number of thioether (sulfide) groups is 1. The van der Waals surface area contributed by atoms with E-state index in [1.54, 1.807) is 7.11 Å².